The molecule has 1 aromatic heterocycles. The molecule has 0 aliphatic rings. The second kappa shape index (κ2) is 6.15. The Bertz CT molecular complexity index is 494. The molecule has 0 saturated heterocycles. The summed E-state index contributed by atoms with van der Waals surface area (Å²) >= 11 is 2.26. The van der Waals surface area contributed by atoms with Crippen molar-refractivity contribution in [2.45, 2.75) is 19.4 Å². The average molecular weight is 354 g/mol. The number of rotatable bonds is 4. The lowest BCUT2D eigenvalue weighted by atomic mass is 10.1. The number of hydrogen-bond donors (Lipinski definition) is 1. The van der Waals surface area contributed by atoms with Gasteiger partial charge in [0.2, 0.25) is 5.88 Å². The fourth-order valence-corrected chi connectivity index (χ4v) is 1.95. The highest BCUT2D eigenvalue weighted by molar-refractivity contribution is 14.1. The normalized spacial score (nSPS) is 12.2. The Morgan fingerprint density at radius 3 is 2.50 bits per heavy atom. The highest BCUT2D eigenvalue weighted by atomic mass is 127. The Hall–Kier alpha value is -1.14. The molecule has 94 valence electrons. The average Bonchev–Trinajstić information content (AvgIpc) is 2.34. The van der Waals surface area contributed by atoms with Gasteiger partial charge < -0.3 is 10.5 Å². The van der Waals surface area contributed by atoms with E-state index in [2.05, 4.69) is 27.6 Å². The molecule has 0 bridgehead atoms. The van der Waals surface area contributed by atoms with Crippen molar-refractivity contribution in [2.24, 2.45) is 5.73 Å². The first-order valence-electron chi connectivity index (χ1n) is 5.77. The maximum Gasteiger partial charge on any atom is 0.219 e. The zero-order chi connectivity index (χ0) is 13.0. The van der Waals surface area contributed by atoms with Crippen molar-refractivity contribution < 1.29 is 4.74 Å². The lowest BCUT2D eigenvalue weighted by molar-refractivity contribution is 0.462. The van der Waals surface area contributed by atoms with E-state index >= 15 is 0 Å². The number of pyridine rings is 1. The molecule has 3 nitrogen and oxygen atoms in total. The fraction of sp³-hybridized carbons (Fsp3) is 0.214. The summed E-state index contributed by atoms with van der Waals surface area (Å²) in [5.41, 5.74) is 6.87. The van der Waals surface area contributed by atoms with Crippen molar-refractivity contribution in [3.8, 4) is 11.6 Å². The molecule has 0 amide bonds. The monoisotopic (exact) mass is 354 g/mol. The second-order valence-electron chi connectivity index (χ2n) is 4.24. The number of hydrogen-bond acceptors (Lipinski definition) is 3. The van der Waals surface area contributed by atoms with Crippen LogP contribution in [0.25, 0.3) is 0 Å². The van der Waals surface area contributed by atoms with Crippen LogP contribution in [0.2, 0.25) is 0 Å². The van der Waals surface area contributed by atoms with Crippen LogP contribution < -0.4 is 10.5 Å². The molecule has 2 N–H and O–H groups in total. The van der Waals surface area contributed by atoms with Gasteiger partial charge in [0.15, 0.2) is 0 Å². The summed E-state index contributed by atoms with van der Waals surface area (Å²) in [7, 11) is 0. The largest absolute Gasteiger partial charge is 0.439 e. The van der Waals surface area contributed by atoms with Gasteiger partial charge in [0.25, 0.3) is 0 Å². The summed E-state index contributed by atoms with van der Waals surface area (Å²) in [6, 6.07) is 11.9. The third-order valence-corrected chi connectivity index (χ3v) is 3.11. The first kappa shape index (κ1) is 13.3. The summed E-state index contributed by atoms with van der Waals surface area (Å²) < 4.78 is 6.83. The van der Waals surface area contributed by atoms with Crippen LogP contribution in [0.3, 0.4) is 0 Å². The van der Waals surface area contributed by atoms with Crippen LogP contribution in [0.5, 0.6) is 11.6 Å². The summed E-state index contributed by atoms with van der Waals surface area (Å²) in [4.78, 5) is 4.27. The molecular weight excluding hydrogens is 339 g/mol. The van der Waals surface area contributed by atoms with Crippen molar-refractivity contribution in [3.63, 3.8) is 0 Å². The molecule has 2 rings (SSSR count). The van der Waals surface area contributed by atoms with Gasteiger partial charge in [0.05, 0.1) is 0 Å². The Balaban J connectivity index is 2.04. The molecule has 0 aliphatic carbocycles. The van der Waals surface area contributed by atoms with Crippen LogP contribution in [0.4, 0.5) is 0 Å². The molecule has 0 spiro atoms. The molecule has 0 fully saturated rings. The minimum absolute atomic E-state index is 0.148. The van der Waals surface area contributed by atoms with Crippen LogP contribution in [0.15, 0.2) is 42.6 Å². The van der Waals surface area contributed by atoms with Gasteiger partial charge in [-0.3, -0.25) is 0 Å². The first-order valence-corrected chi connectivity index (χ1v) is 6.85. The van der Waals surface area contributed by atoms with E-state index in [1.165, 1.54) is 3.57 Å². The van der Waals surface area contributed by atoms with E-state index in [1.54, 1.807) is 0 Å². The summed E-state index contributed by atoms with van der Waals surface area (Å²) in [6.45, 7) is 1.98. The molecule has 0 radical (unpaired) electrons. The van der Waals surface area contributed by atoms with E-state index in [0.29, 0.717) is 5.88 Å². The fourth-order valence-electron chi connectivity index (χ4n) is 1.59. The third-order valence-electron chi connectivity index (χ3n) is 2.39. The minimum atomic E-state index is 0.148. The zero-order valence-corrected chi connectivity index (χ0v) is 12.3. The minimum Gasteiger partial charge on any atom is -0.439 e. The Kier molecular flexibility index (Phi) is 4.54. The Morgan fingerprint density at radius 1 is 1.22 bits per heavy atom. The van der Waals surface area contributed by atoms with E-state index in [9.17, 15) is 0 Å². The van der Waals surface area contributed by atoms with Crippen LogP contribution in [-0.2, 0) is 6.42 Å². The van der Waals surface area contributed by atoms with Crippen LogP contribution in [0.1, 0.15) is 12.5 Å². The number of aromatic nitrogens is 1. The van der Waals surface area contributed by atoms with Crippen molar-refractivity contribution in [1.29, 1.82) is 0 Å². The van der Waals surface area contributed by atoms with E-state index in [1.807, 2.05) is 49.5 Å². The van der Waals surface area contributed by atoms with Gasteiger partial charge in [-0.15, -0.1) is 0 Å². The van der Waals surface area contributed by atoms with Gasteiger partial charge >= 0.3 is 0 Å². The van der Waals surface area contributed by atoms with E-state index in [-0.39, 0.29) is 6.04 Å². The number of halogens is 1. The van der Waals surface area contributed by atoms with E-state index in [4.69, 9.17) is 10.5 Å². The van der Waals surface area contributed by atoms with Crippen LogP contribution in [0, 0.1) is 3.57 Å². The number of benzene rings is 1. The number of ether oxygens (including phenoxy) is 1. The maximum atomic E-state index is 5.74. The van der Waals surface area contributed by atoms with Gasteiger partial charge in [-0.05, 0) is 65.8 Å². The third kappa shape index (κ3) is 3.96. The topological polar surface area (TPSA) is 48.1 Å². The van der Waals surface area contributed by atoms with Crippen molar-refractivity contribution >= 4 is 22.6 Å². The molecule has 1 heterocycles. The molecule has 18 heavy (non-hydrogen) atoms. The molecule has 0 aliphatic heterocycles. The highest BCUT2D eigenvalue weighted by Crippen LogP contribution is 2.20. The number of nitrogens with two attached hydrogens (primary N) is 1. The molecule has 2 aromatic rings. The van der Waals surface area contributed by atoms with Gasteiger partial charge in [0.1, 0.15) is 5.75 Å². The first-order chi connectivity index (χ1) is 8.63. The Morgan fingerprint density at radius 2 is 1.94 bits per heavy atom. The SMILES string of the molecule is CC(N)Cc1ccc(Oc2ccc(I)cc2)nc1. The molecule has 0 saturated carbocycles. The molecule has 1 aromatic carbocycles. The second-order valence-corrected chi connectivity index (χ2v) is 5.49. The van der Waals surface area contributed by atoms with Gasteiger partial charge in [-0.2, -0.15) is 0 Å². The van der Waals surface area contributed by atoms with Crippen LogP contribution in [-0.4, -0.2) is 11.0 Å². The quantitative estimate of drug-likeness (QED) is 0.857. The molecule has 1 unspecified atom stereocenters. The highest BCUT2D eigenvalue weighted by Gasteiger charge is 2.01. The molecule has 1 atom stereocenters. The lowest BCUT2D eigenvalue weighted by Gasteiger charge is -2.07. The van der Waals surface area contributed by atoms with Crippen molar-refractivity contribution in [3.05, 3.63) is 51.7 Å². The van der Waals surface area contributed by atoms with Crippen LogP contribution >= 0.6 is 22.6 Å². The standard InChI is InChI=1S/C14H15IN2O/c1-10(16)8-11-2-7-14(17-9-11)18-13-5-3-12(15)4-6-13/h2-7,9-10H,8,16H2,1H3. The van der Waals surface area contributed by atoms with Crippen molar-refractivity contribution in [1.82, 2.24) is 4.98 Å². The van der Waals surface area contributed by atoms with E-state index in [0.717, 1.165) is 17.7 Å². The van der Waals surface area contributed by atoms with Crippen molar-refractivity contribution in [2.75, 3.05) is 0 Å². The number of nitrogens with zero attached hydrogens (tertiary/aromatic N) is 1. The maximum absolute atomic E-state index is 5.74. The Labute approximate surface area is 121 Å². The lowest BCUT2D eigenvalue weighted by Crippen LogP contribution is -2.17. The summed E-state index contributed by atoms with van der Waals surface area (Å²) in [5, 5.41) is 0. The molecule has 4 heteroatoms. The predicted molar refractivity (Wildman–Crippen MR) is 80.8 cm³/mol. The zero-order valence-electron chi connectivity index (χ0n) is 10.1. The van der Waals surface area contributed by atoms with E-state index < -0.39 is 0 Å². The summed E-state index contributed by atoms with van der Waals surface area (Å²) in [5.74, 6) is 1.40. The van der Waals surface area contributed by atoms with Gasteiger partial charge in [0, 0.05) is 21.9 Å². The predicted octanol–water partition coefficient (Wildman–Crippen LogP) is 3.37. The summed E-state index contributed by atoms with van der Waals surface area (Å²) in [6.07, 6.45) is 2.64. The van der Waals surface area contributed by atoms with Gasteiger partial charge in [-0.1, -0.05) is 6.07 Å². The molecular formula is C14H15IN2O. The van der Waals surface area contributed by atoms with Gasteiger partial charge in [-0.25, -0.2) is 4.98 Å². The smallest absolute Gasteiger partial charge is 0.219 e.